The molecule has 0 spiro atoms. The van der Waals surface area contributed by atoms with Crippen molar-refractivity contribution in [2.24, 2.45) is 5.92 Å². The first-order valence-electron chi connectivity index (χ1n) is 2.42. The van der Waals surface area contributed by atoms with Gasteiger partial charge in [-0.2, -0.15) is 0 Å². The molecule has 1 atom stereocenters. The quantitative estimate of drug-likeness (QED) is 0.335. The fourth-order valence-electron chi connectivity index (χ4n) is 0.343. The molecule has 0 aromatic rings. The fourth-order valence-corrected chi connectivity index (χ4v) is 0.566. The Bertz CT molecular complexity index is 123. The number of carbonyl (C=O) groups excluding carboxylic acids is 1. The lowest BCUT2D eigenvalue weighted by molar-refractivity contribution is -0.141. The van der Waals surface area contributed by atoms with E-state index in [9.17, 15) is 4.79 Å². The molecule has 9 heavy (non-hydrogen) atoms. The van der Waals surface area contributed by atoms with E-state index in [4.69, 9.17) is 0 Å². The van der Waals surface area contributed by atoms with Crippen molar-refractivity contribution >= 4 is 23.6 Å². The number of thiocarbonyl (C=S) groups is 1. The lowest BCUT2D eigenvalue weighted by atomic mass is 10.2. The summed E-state index contributed by atoms with van der Waals surface area (Å²) < 4.78 is 4.39. The number of esters is 1. The summed E-state index contributed by atoms with van der Waals surface area (Å²) in [7, 11) is 1.32. The van der Waals surface area contributed by atoms with Crippen LogP contribution in [0.2, 0.25) is 0 Å². The van der Waals surface area contributed by atoms with Crippen LogP contribution < -0.4 is 0 Å². The lowest BCUT2D eigenvalue weighted by Crippen LogP contribution is -2.13. The standard InChI is InChI=1S/C6H8O2S/c1-3-5(4-9)6(7)8-2/h3-5H,1H2,2H3. The van der Waals surface area contributed by atoms with Gasteiger partial charge in [0.05, 0.1) is 7.11 Å². The summed E-state index contributed by atoms with van der Waals surface area (Å²) in [5, 5.41) is 1.32. The Balaban J connectivity index is 3.93. The molecule has 0 N–H and O–H groups in total. The number of rotatable bonds is 3. The maximum absolute atomic E-state index is 10.6. The molecule has 0 fully saturated rings. The molecule has 2 nitrogen and oxygen atoms in total. The van der Waals surface area contributed by atoms with Crippen LogP contribution in [-0.4, -0.2) is 18.4 Å². The molecule has 50 valence electrons. The summed E-state index contributed by atoms with van der Waals surface area (Å²) in [5.41, 5.74) is 0. The van der Waals surface area contributed by atoms with Crippen molar-refractivity contribution in [2.45, 2.75) is 0 Å². The van der Waals surface area contributed by atoms with E-state index in [-0.39, 0.29) is 5.97 Å². The summed E-state index contributed by atoms with van der Waals surface area (Å²) in [6, 6.07) is 0. The second-order valence-electron chi connectivity index (χ2n) is 1.42. The van der Waals surface area contributed by atoms with Crippen molar-refractivity contribution in [1.29, 1.82) is 0 Å². The Labute approximate surface area is 59.5 Å². The van der Waals surface area contributed by atoms with Gasteiger partial charge in [-0.25, -0.2) is 0 Å². The zero-order valence-corrected chi connectivity index (χ0v) is 5.98. The van der Waals surface area contributed by atoms with Crippen LogP contribution in [0.15, 0.2) is 12.7 Å². The maximum Gasteiger partial charge on any atom is 0.317 e. The highest BCUT2D eigenvalue weighted by Gasteiger charge is 2.09. The molecular weight excluding hydrogens is 136 g/mol. The first-order valence-corrected chi connectivity index (χ1v) is 2.89. The molecule has 0 rings (SSSR count). The molecule has 0 aromatic heterocycles. The number of ether oxygens (including phenoxy) is 1. The largest absolute Gasteiger partial charge is 0.468 e. The van der Waals surface area contributed by atoms with E-state index in [0.29, 0.717) is 0 Å². The summed E-state index contributed by atoms with van der Waals surface area (Å²) in [6.07, 6.45) is 1.44. The Morgan fingerprint density at radius 1 is 1.89 bits per heavy atom. The van der Waals surface area contributed by atoms with Gasteiger partial charge in [-0.05, 0) is 5.37 Å². The van der Waals surface area contributed by atoms with Gasteiger partial charge in [0, 0.05) is 0 Å². The van der Waals surface area contributed by atoms with E-state index >= 15 is 0 Å². The van der Waals surface area contributed by atoms with Gasteiger partial charge in [0.1, 0.15) is 5.92 Å². The van der Waals surface area contributed by atoms with Gasteiger partial charge in [-0.15, -0.1) is 6.58 Å². The van der Waals surface area contributed by atoms with Crippen LogP contribution in [0, 0.1) is 5.92 Å². The van der Waals surface area contributed by atoms with Gasteiger partial charge < -0.3 is 4.74 Å². The van der Waals surface area contributed by atoms with Crippen LogP contribution in [0.4, 0.5) is 0 Å². The normalized spacial score (nSPS) is 11.7. The van der Waals surface area contributed by atoms with Crippen molar-refractivity contribution in [3.05, 3.63) is 12.7 Å². The van der Waals surface area contributed by atoms with E-state index in [0.717, 1.165) is 0 Å². The van der Waals surface area contributed by atoms with Gasteiger partial charge in [0.15, 0.2) is 0 Å². The van der Waals surface area contributed by atoms with Gasteiger partial charge in [0.2, 0.25) is 0 Å². The maximum atomic E-state index is 10.6. The topological polar surface area (TPSA) is 26.3 Å². The summed E-state index contributed by atoms with van der Waals surface area (Å²) in [5.74, 6) is -0.801. The van der Waals surface area contributed by atoms with E-state index < -0.39 is 5.92 Å². The third-order valence-electron chi connectivity index (χ3n) is 0.874. The molecule has 0 saturated carbocycles. The Kier molecular flexibility index (Phi) is 3.88. The highest BCUT2D eigenvalue weighted by Crippen LogP contribution is 1.95. The van der Waals surface area contributed by atoms with Crippen LogP contribution in [-0.2, 0) is 9.53 Å². The summed E-state index contributed by atoms with van der Waals surface area (Å²) in [6.45, 7) is 3.40. The molecule has 0 radical (unpaired) electrons. The molecule has 0 amide bonds. The Morgan fingerprint density at radius 2 is 2.44 bits per heavy atom. The highest BCUT2D eigenvalue weighted by atomic mass is 32.1. The van der Waals surface area contributed by atoms with Crippen molar-refractivity contribution in [3.8, 4) is 0 Å². The van der Waals surface area contributed by atoms with Gasteiger partial charge in [-0.1, -0.05) is 18.3 Å². The molecule has 0 aliphatic carbocycles. The number of hydrogen-bond acceptors (Lipinski definition) is 3. The molecule has 0 aliphatic rings. The molecule has 0 aliphatic heterocycles. The Hall–Kier alpha value is -0.700. The molecule has 0 saturated heterocycles. The molecule has 0 bridgehead atoms. The summed E-state index contributed by atoms with van der Waals surface area (Å²) >= 11 is 4.52. The second-order valence-corrected chi connectivity index (χ2v) is 1.69. The van der Waals surface area contributed by atoms with Crippen LogP contribution in [0.1, 0.15) is 0 Å². The third-order valence-corrected chi connectivity index (χ3v) is 1.17. The van der Waals surface area contributed by atoms with Crippen LogP contribution in [0.25, 0.3) is 0 Å². The van der Waals surface area contributed by atoms with Crippen molar-refractivity contribution in [2.75, 3.05) is 7.11 Å². The van der Waals surface area contributed by atoms with E-state index in [1.54, 1.807) is 0 Å². The summed E-state index contributed by atoms with van der Waals surface area (Å²) in [4.78, 5) is 10.6. The smallest absolute Gasteiger partial charge is 0.317 e. The van der Waals surface area contributed by atoms with Crippen molar-refractivity contribution in [3.63, 3.8) is 0 Å². The van der Waals surface area contributed by atoms with Crippen LogP contribution >= 0.6 is 12.2 Å². The predicted octanol–water partition coefficient (Wildman–Crippen LogP) is 0.961. The molecule has 1 unspecified atom stereocenters. The fraction of sp³-hybridized carbons (Fsp3) is 0.333. The highest BCUT2D eigenvalue weighted by molar-refractivity contribution is 7.79. The predicted molar refractivity (Wildman–Crippen MR) is 39.4 cm³/mol. The monoisotopic (exact) mass is 144 g/mol. The molecule has 0 heterocycles. The average Bonchev–Trinajstić information content (AvgIpc) is 1.90. The van der Waals surface area contributed by atoms with E-state index in [1.165, 1.54) is 18.6 Å². The van der Waals surface area contributed by atoms with E-state index in [1.807, 2.05) is 0 Å². The molecular formula is C6H8O2S. The van der Waals surface area contributed by atoms with E-state index in [2.05, 4.69) is 23.5 Å². The molecule has 0 aromatic carbocycles. The first kappa shape index (κ1) is 8.30. The average molecular weight is 144 g/mol. The zero-order chi connectivity index (χ0) is 7.28. The van der Waals surface area contributed by atoms with Crippen LogP contribution in [0.3, 0.4) is 0 Å². The SMILES string of the molecule is C=CC(C=S)C(=O)OC. The minimum Gasteiger partial charge on any atom is -0.468 e. The number of methoxy groups -OCH3 is 1. The minimum atomic E-state index is -0.440. The zero-order valence-electron chi connectivity index (χ0n) is 5.16. The van der Waals surface area contributed by atoms with Crippen molar-refractivity contribution in [1.82, 2.24) is 0 Å². The Morgan fingerprint density at radius 3 is 2.56 bits per heavy atom. The van der Waals surface area contributed by atoms with Gasteiger partial charge in [-0.3, -0.25) is 4.79 Å². The van der Waals surface area contributed by atoms with Gasteiger partial charge in [0.25, 0.3) is 0 Å². The van der Waals surface area contributed by atoms with Crippen molar-refractivity contribution < 1.29 is 9.53 Å². The van der Waals surface area contributed by atoms with Gasteiger partial charge >= 0.3 is 5.97 Å². The second kappa shape index (κ2) is 4.21. The number of carbonyl (C=O) groups is 1. The molecule has 3 heteroatoms. The minimum absolute atomic E-state index is 0.361. The third kappa shape index (κ3) is 2.37. The number of hydrogen-bond donors (Lipinski definition) is 0. The lowest BCUT2D eigenvalue weighted by Gasteiger charge is -2.00. The first-order chi connectivity index (χ1) is 4.26. The van der Waals surface area contributed by atoms with Crippen LogP contribution in [0.5, 0.6) is 0 Å².